The summed E-state index contributed by atoms with van der Waals surface area (Å²) in [5, 5.41) is 5.73. The summed E-state index contributed by atoms with van der Waals surface area (Å²) in [6.45, 7) is 0.380. The first-order valence-electron chi connectivity index (χ1n) is 9.99. The van der Waals surface area contributed by atoms with Crippen molar-refractivity contribution in [2.75, 3.05) is 0 Å². The molecule has 0 unspecified atom stereocenters. The minimum Gasteiger partial charge on any atom is -0.283 e. The number of rotatable bonds is 6. The molecule has 2 aromatic carbocycles. The summed E-state index contributed by atoms with van der Waals surface area (Å²) < 4.78 is 16.8. The zero-order valence-corrected chi connectivity index (χ0v) is 17.7. The van der Waals surface area contributed by atoms with Gasteiger partial charge in [-0.2, -0.15) is 5.10 Å². The van der Waals surface area contributed by atoms with Crippen molar-refractivity contribution in [3.8, 4) is 5.69 Å². The monoisotopic (exact) mass is 443 g/mol. The van der Waals surface area contributed by atoms with Gasteiger partial charge < -0.3 is 0 Å². The van der Waals surface area contributed by atoms with Crippen molar-refractivity contribution < 1.29 is 4.39 Å². The molecule has 0 N–H and O–H groups in total. The molecule has 0 aliphatic heterocycles. The number of halogens is 1. The van der Waals surface area contributed by atoms with Crippen LogP contribution >= 0.6 is 11.8 Å². The number of hydrogen-bond donors (Lipinski definition) is 0. The van der Waals surface area contributed by atoms with E-state index in [1.54, 1.807) is 46.0 Å². The van der Waals surface area contributed by atoms with Crippen molar-refractivity contribution in [1.29, 1.82) is 0 Å². The Morgan fingerprint density at radius 2 is 1.91 bits per heavy atom. The van der Waals surface area contributed by atoms with Crippen LogP contribution in [0, 0.1) is 5.82 Å². The smallest absolute Gasteiger partial charge is 0.262 e. The van der Waals surface area contributed by atoms with Crippen LogP contribution in [0.15, 0.2) is 95.3 Å². The van der Waals surface area contributed by atoms with Crippen molar-refractivity contribution in [2.45, 2.75) is 17.5 Å². The van der Waals surface area contributed by atoms with E-state index in [0.29, 0.717) is 34.0 Å². The van der Waals surface area contributed by atoms with E-state index in [2.05, 4.69) is 10.1 Å². The van der Waals surface area contributed by atoms with Crippen molar-refractivity contribution in [3.63, 3.8) is 0 Å². The Kier molecular flexibility index (Phi) is 5.51. The molecule has 6 nitrogen and oxygen atoms in total. The van der Waals surface area contributed by atoms with Gasteiger partial charge in [0.05, 0.1) is 28.8 Å². The van der Waals surface area contributed by atoms with E-state index >= 15 is 0 Å². The Balaban J connectivity index is 1.46. The molecule has 5 aromatic rings. The van der Waals surface area contributed by atoms with Crippen LogP contribution in [0.5, 0.6) is 0 Å². The third-order valence-corrected chi connectivity index (χ3v) is 5.97. The fourth-order valence-corrected chi connectivity index (χ4v) is 4.31. The van der Waals surface area contributed by atoms with Gasteiger partial charge in [0, 0.05) is 24.3 Å². The average Bonchev–Trinajstić information content (AvgIpc) is 3.30. The van der Waals surface area contributed by atoms with Gasteiger partial charge in [-0.15, -0.1) is 0 Å². The molecule has 0 atom stereocenters. The topological polar surface area (TPSA) is 65.6 Å². The first kappa shape index (κ1) is 20.1. The van der Waals surface area contributed by atoms with Gasteiger partial charge in [-0.25, -0.2) is 14.1 Å². The van der Waals surface area contributed by atoms with E-state index in [9.17, 15) is 9.18 Å². The fourth-order valence-electron chi connectivity index (χ4n) is 3.41. The van der Waals surface area contributed by atoms with Crippen LogP contribution < -0.4 is 5.56 Å². The second kappa shape index (κ2) is 8.76. The number of pyridine rings is 1. The third-order valence-electron chi connectivity index (χ3n) is 4.96. The molecule has 5 rings (SSSR count). The van der Waals surface area contributed by atoms with E-state index in [0.717, 1.165) is 11.3 Å². The molecular weight excluding hydrogens is 425 g/mol. The normalized spacial score (nSPS) is 11.2. The third kappa shape index (κ3) is 4.17. The van der Waals surface area contributed by atoms with Gasteiger partial charge in [-0.3, -0.25) is 14.3 Å². The number of hydrogen-bond acceptors (Lipinski definition) is 5. The molecule has 0 bridgehead atoms. The van der Waals surface area contributed by atoms with E-state index in [1.807, 2.05) is 36.4 Å². The summed E-state index contributed by atoms with van der Waals surface area (Å²) in [5.74, 6) is 0.203. The fraction of sp³-hybridized carbons (Fsp3) is 0.0833. The highest BCUT2D eigenvalue weighted by molar-refractivity contribution is 7.98. The van der Waals surface area contributed by atoms with Crippen molar-refractivity contribution in [3.05, 3.63) is 113 Å². The van der Waals surface area contributed by atoms with Gasteiger partial charge in [0.1, 0.15) is 5.82 Å². The van der Waals surface area contributed by atoms with E-state index in [4.69, 9.17) is 4.98 Å². The lowest BCUT2D eigenvalue weighted by atomic mass is 10.2. The molecule has 0 fully saturated rings. The summed E-state index contributed by atoms with van der Waals surface area (Å²) in [6, 6.07) is 19.3. The summed E-state index contributed by atoms with van der Waals surface area (Å²) in [6.07, 6.45) is 5.24. The second-order valence-electron chi connectivity index (χ2n) is 7.18. The average molecular weight is 444 g/mol. The lowest BCUT2D eigenvalue weighted by Gasteiger charge is -2.12. The van der Waals surface area contributed by atoms with Gasteiger partial charge in [0.25, 0.3) is 5.56 Å². The first-order valence-corrected chi connectivity index (χ1v) is 11.0. The van der Waals surface area contributed by atoms with E-state index in [1.165, 1.54) is 23.9 Å². The highest BCUT2D eigenvalue weighted by atomic mass is 32.2. The Morgan fingerprint density at radius 1 is 1.00 bits per heavy atom. The van der Waals surface area contributed by atoms with E-state index in [-0.39, 0.29) is 11.4 Å². The van der Waals surface area contributed by atoms with Crippen molar-refractivity contribution in [1.82, 2.24) is 24.3 Å². The molecule has 8 heteroatoms. The lowest BCUT2D eigenvalue weighted by molar-refractivity contribution is 0.625. The second-order valence-corrected chi connectivity index (χ2v) is 8.13. The summed E-state index contributed by atoms with van der Waals surface area (Å²) in [7, 11) is 0. The van der Waals surface area contributed by atoms with Crippen molar-refractivity contribution >= 4 is 22.7 Å². The molecule has 0 amide bonds. The van der Waals surface area contributed by atoms with Gasteiger partial charge in [0.15, 0.2) is 5.16 Å². The minimum absolute atomic E-state index is 0.0905. The van der Waals surface area contributed by atoms with Crippen LogP contribution in [-0.4, -0.2) is 24.3 Å². The van der Waals surface area contributed by atoms with Crippen LogP contribution in [0.25, 0.3) is 16.6 Å². The van der Waals surface area contributed by atoms with Crippen LogP contribution in [0.3, 0.4) is 0 Å². The van der Waals surface area contributed by atoms with Crippen LogP contribution in [0.2, 0.25) is 0 Å². The van der Waals surface area contributed by atoms with Crippen LogP contribution in [0.1, 0.15) is 11.3 Å². The maximum absolute atomic E-state index is 13.5. The number of aromatic nitrogens is 5. The highest BCUT2D eigenvalue weighted by Crippen LogP contribution is 2.23. The predicted molar refractivity (Wildman–Crippen MR) is 122 cm³/mol. The molecule has 3 heterocycles. The van der Waals surface area contributed by atoms with Gasteiger partial charge >= 0.3 is 0 Å². The molecular formula is C24H18FN5OS. The molecule has 3 aromatic heterocycles. The number of para-hydroxylation sites is 1. The summed E-state index contributed by atoms with van der Waals surface area (Å²) in [4.78, 5) is 22.1. The summed E-state index contributed by atoms with van der Waals surface area (Å²) >= 11 is 1.44. The van der Waals surface area contributed by atoms with Gasteiger partial charge in [-0.1, -0.05) is 36.0 Å². The SMILES string of the molecule is O=c1c2ccccc2nc(SCc2ccn(-c3cccc(F)c3)n2)n1Cc1cccnc1. The number of thioether (sulfide) groups is 1. The number of nitrogens with zero attached hydrogens (tertiary/aromatic N) is 5. The molecule has 0 saturated heterocycles. The number of fused-ring (bicyclic) bond motifs is 1. The standard InChI is InChI=1S/C24H18FN5OS/c25-18-6-3-7-20(13-18)30-12-10-19(28-30)16-32-24-27-22-9-2-1-8-21(22)23(31)29(24)15-17-5-4-11-26-14-17/h1-14H,15-16H2. The molecule has 0 saturated carbocycles. The van der Waals surface area contributed by atoms with Crippen LogP contribution in [0.4, 0.5) is 4.39 Å². The molecule has 0 aliphatic carbocycles. The molecule has 0 aliphatic rings. The largest absolute Gasteiger partial charge is 0.283 e. The Labute approximate surface area is 187 Å². The minimum atomic E-state index is -0.311. The Bertz CT molecular complexity index is 1450. The van der Waals surface area contributed by atoms with Crippen molar-refractivity contribution in [2.24, 2.45) is 0 Å². The highest BCUT2D eigenvalue weighted by Gasteiger charge is 2.13. The molecule has 0 radical (unpaired) electrons. The molecule has 0 spiro atoms. The van der Waals surface area contributed by atoms with E-state index < -0.39 is 0 Å². The first-order chi connectivity index (χ1) is 15.7. The lowest BCUT2D eigenvalue weighted by Crippen LogP contribution is -2.24. The van der Waals surface area contributed by atoms with Crippen LogP contribution in [-0.2, 0) is 12.3 Å². The predicted octanol–water partition coefficient (Wildman–Crippen LogP) is 4.46. The molecule has 32 heavy (non-hydrogen) atoms. The zero-order chi connectivity index (χ0) is 21.9. The van der Waals surface area contributed by atoms with Gasteiger partial charge in [-0.05, 0) is 48.0 Å². The maximum atomic E-state index is 13.5. The van der Waals surface area contributed by atoms with Gasteiger partial charge in [0.2, 0.25) is 0 Å². The summed E-state index contributed by atoms with van der Waals surface area (Å²) in [5.41, 5.74) is 2.94. The quantitative estimate of drug-likeness (QED) is 0.286. The number of benzene rings is 2. The Hall–Kier alpha value is -3.78. The molecule has 158 valence electrons. The Morgan fingerprint density at radius 3 is 2.75 bits per heavy atom. The maximum Gasteiger partial charge on any atom is 0.262 e. The zero-order valence-electron chi connectivity index (χ0n) is 16.9.